The molecule has 0 radical (unpaired) electrons. The summed E-state index contributed by atoms with van der Waals surface area (Å²) in [6, 6.07) is 0. The van der Waals surface area contributed by atoms with Crippen LogP contribution in [0.15, 0.2) is 97.2 Å². The molecule has 0 saturated heterocycles. The molecule has 6 nitrogen and oxygen atoms in total. The van der Waals surface area contributed by atoms with Gasteiger partial charge >= 0.3 is 17.9 Å². The Kier molecular flexibility index (Phi) is 59.8. The number of esters is 3. The molecule has 0 N–H and O–H groups in total. The minimum atomic E-state index is -0.785. The second kappa shape index (κ2) is 62.9. The number of unbranched alkanes of at least 4 members (excludes halogenated alkanes) is 30. The Hall–Kier alpha value is -3.67. The largest absolute Gasteiger partial charge is 0.462 e. The fourth-order valence-electron chi connectivity index (χ4n) is 8.83. The molecule has 0 heterocycles. The lowest BCUT2D eigenvalue weighted by Crippen LogP contribution is -2.30. The summed E-state index contributed by atoms with van der Waals surface area (Å²) in [7, 11) is 0. The number of rotatable bonds is 57. The van der Waals surface area contributed by atoms with Gasteiger partial charge in [-0.05, 0) is 103 Å². The Morgan fingerprint density at radius 1 is 0.280 bits per heavy atom. The van der Waals surface area contributed by atoms with Gasteiger partial charge in [-0.1, -0.05) is 279 Å². The first-order valence-corrected chi connectivity index (χ1v) is 31.7. The molecular weight excluding hydrogens is 925 g/mol. The topological polar surface area (TPSA) is 78.9 Å². The van der Waals surface area contributed by atoms with Crippen LogP contribution in [0.5, 0.6) is 0 Å². The van der Waals surface area contributed by atoms with Crippen LogP contribution in [0.3, 0.4) is 0 Å². The van der Waals surface area contributed by atoms with Crippen LogP contribution in [0.25, 0.3) is 0 Å². The lowest BCUT2D eigenvalue weighted by Gasteiger charge is -2.18. The van der Waals surface area contributed by atoms with E-state index in [1.54, 1.807) is 0 Å². The smallest absolute Gasteiger partial charge is 0.306 e. The van der Waals surface area contributed by atoms with Crippen molar-refractivity contribution in [3.05, 3.63) is 97.2 Å². The second-order valence-electron chi connectivity index (χ2n) is 20.9. The van der Waals surface area contributed by atoms with E-state index in [2.05, 4.69) is 118 Å². The van der Waals surface area contributed by atoms with E-state index < -0.39 is 6.10 Å². The van der Waals surface area contributed by atoms with Crippen molar-refractivity contribution in [2.24, 2.45) is 0 Å². The molecule has 0 aromatic carbocycles. The molecule has 0 aliphatic rings. The average Bonchev–Trinajstić information content (AvgIpc) is 3.41. The third kappa shape index (κ3) is 61.1. The van der Waals surface area contributed by atoms with Crippen molar-refractivity contribution in [1.82, 2.24) is 0 Å². The van der Waals surface area contributed by atoms with Gasteiger partial charge in [0, 0.05) is 19.3 Å². The van der Waals surface area contributed by atoms with E-state index in [-0.39, 0.29) is 31.1 Å². The van der Waals surface area contributed by atoms with E-state index in [0.717, 1.165) is 122 Å². The van der Waals surface area contributed by atoms with E-state index in [1.807, 2.05) is 0 Å². The van der Waals surface area contributed by atoms with Crippen LogP contribution in [0, 0.1) is 0 Å². The highest BCUT2D eigenvalue weighted by Gasteiger charge is 2.19. The van der Waals surface area contributed by atoms with Crippen LogP contribution in [0.2, 0.25) is 0 Å². The van der Waals surface area contributed by atoms with Gasteiger partial charge in [0.2, 0.25) is 0 Å². The standard InChI is InChI=1S/C69H118O6/c1-4-7-10-13-16-19-22-25-27-28-29-30-31-32-33-34-35-36-37-38-39-40-42-44-47-50-53-56-59-62-68(71)74-65-66(64-73-67(70)61-58-55-52-49-46-43-24-21-18-15-12-9-6-3)75-69(72)63-60-57-54-51-48-45-41-26-23-20-17-14-11-8-5-2/h7,10,16,19,25-27,29-30,32-33,35-36,38-39,41,66H,4-6,8-9,11-15,17-18,20-24,28,31,34,37,40,42-65H2,1-3H3/b10-7-,19-16-,27-25-,30-29-,33-32-,36-35-,39-38-,41-26-. The highest BCUT2D eigenvalue weighted by molar-refractivity contribution is 5.71. The summed E-state index contributed by atoms with van der Waals surface area (Å²) < 4.78 is 16.9. The third-order valence-electron chi connectivity index (χ3n) is 13.6. The quantitative estimate of drug-likeness (QED) is 0.0261. The molecular formula is C69H118O6. The molecule has 0 aliphatic heterocycles. The minimum Gasteiger partial charge on any atom is -0.462 e. The maximum atomic E-state index is 12.9. The van der Waals surface area contributed by atoms with Gasteiger partial charge in [0.15, 0.2) is 6.10 Å². The number of hydrogen-bond donors (Lipinski definition) is 0. The van der Waals surface area contributed by atoms with Crippen LogP contribution in [-0.4, -0.2) is 37.2 Å². The molecule has 6 heteroatoms. The monoisotopic (exact) mass is 1040 g/mol. The van der Waals surface area contributed by atoms with E-state index in [4.69, 9.17) is 14.2 Å². The van der Waals surface area contributed by atoms with Gasteiger partial charge in [-0.25, -0.2) is 0 Å². The Balaban J connectivity index is 4.31. The minimum absolute atomic E-state index is 0.0814. The van der Waals surface area contributed by atoms with E-state index >= 15 is 0 Å². The molecule has 430 valence electrons. The number of carbonyl (C=O) groups is 3. The average molecular weight is 1040 g/mol. The molecule has 0 saturated carbocycles. The number of ether oxygens (including phenoxy) is 3. The molecule has 0 aromatic rings. The predicted molar refractivity (Wildman–Crippen MR) is 325 cm³/mol. The fraction of sp³-hybridized carbons (Fsp3) is 0.725. The Labute approximate surface area is 464 Å². The van der Waals surface area contributed by atoms with E-state index in [0.29, 0.717) is 19.3 Å². The zero-order valence-electron chi connectivity index (χ0n) is 49.3. The SMILES string of the molecule is CC/C=C\C/C=C\C/C=C\C/C=C\C/C=C\C/C=C\C/C=C\CCCCCCCCCC(=O)OCC(COC(=O)CCCCCCCCCCCCCCC)OC(=O)CCCCCCC/C=C\CCCCCCCC. The van der Waals surface area contributed by atoms with Gasteiger partial charge in [-0.15, -0.1) is 0 Å². The van der Waals surface area contributed by atoms with Crippen LogP contribution < -0.4 is 0 Å². The van der Waals surface area contributed by atoms with Crippen molar-refractivity contribution in [2.75, 3.05) is 13.2 Å². The summed E-state index contributed by atoms with van der Waals surface area (Å²) in [6.07, 6.45) is 84.1. The zero-order valence-corrected chi connectivity index (χ0v) is 49.3. The second-order valence-corrected chi connectivity index (χ2v) is 20.9. The van der Waals surface area contributed by atoms with Crippen molar-refractivity contribution >= 4 is 17.9 Å². The summed E-state index contributed by atoms with van der Waals surface area (Å²) in [6.45, 7) is 6.53. The molecule has 0 amide bonds. The normalized spacial score (nSPS) is 12.7. The fourth-order valence-corrected chi connectivity index (χ4v) is 8.83. The van der Waals surface area contributed by atoms with Gasteiger partial charge in [0.05, 0.1) is 0 Å². The van der Waals surface area contributed by atoms with E-state index in [9.17, 15) is 14.4 Å². The Morgan fingerprint density at radius 3 is 0.827 bits per heavy atom. The first-order chi connectivity index (χ1) is 37.0. The Morgan fingerprint density at radius 2 is 0.520 bits per heavy atom. The molecule has 75 heavy (non-hydrogen) atoms. The van der Waals surface area contributed by atoms with Crippen LogP contribution in [-0.2, 0) is 28.6 Å². The van der Waals surface area contributed by atoms with Crippen molar-refractivity contribution < 1.29 is 28.6 Å². The first-order valence-electron chi connectivity index (χ1n) is 31.7. The maximum absolute atomic E-state index is 12.9. The zero-order chi connectivity index (χ0) is 54.3. The summed E-state index contributed by atoms with van der Waals surface area (Å²) in [5.41, 5.74) is 0. The molecule has 0 aromatic heterocycles. The van der Waals surface area contributed by atoms with Crippen molar-refractivity contribution in [1.29, 1.82) is 0 Å². The van der Waals surface area contributed by atoms with Gasteiger partial charge in [-0.2, -0.15) is 0 Å². The highest BCUT2D eigenvalue weighted by atomic mass is 16.6. The molecule has 0 bridgehead atoms. The van der Waals surface area contributed by atoms with Crippen LogP contribution >= 0.6 is 0 Å². The molecule has 0 fully saturated rings. The predicted octanol–water partition coefficient (Wildman–Crippen LogP) is 21.7. The number of hydrogen-bond acceptors (Lipinski definition) is 6. The lowest BCUT2D eigenvalue weighted by molar-refractivity contribution is -0.167. The summed E-state index contributed by atoms with van der Waals surface area (Å²) in [5.74, 6) is -0.892. The maximum Gasteiger partial charge on any atom is 0.306 e. The van der Waals surface area contributed by atoms with E-state index in [1.165, 1.54) is 141 Å². The molecule has 0 spiro atoms. The summed E-state index contributed by atoms with van der Waals surface area (Å²) in [5, 5.41) is 0. The first kappa shape index (κ1) is 71.3. The van der Waals surface area contributed by atoms with Gasteiger partial charge < -0.3 is 14.2 Å². The Bertz CT molecular complexity index is 1480. The molecule has 1 atom stereocenters. The lowest BCUT2D eigenvalue weighted by atomic mass is 10.0. The van der Waals surface area contributed by atoms with Crippen molar-refractivity contribution in [2.45, 2.75) is 309 Å². The number of allylic oxidation sites excluding steroid dienone is 16. The van der Waals surface area contributed by atoms with Crippen molar-refractivity contribution in [3.63, 3.8) is 0 Å². The van der Waals surface area contributed by atoms with Crippen LogP contribution in [0.1, 0.15) is 303 Å². The van der Waals surface area contributed by atoms with Gasteiger partial charge in [-0.3, -0.25) is 14.4 Å². The summed E-state index contributed by atoms with van der Waals surface area (Å²) in [4.78, 5) is 38.2. The molecule has 0 rings (SSSR count). The number of carbonyl (C=O) groups excluding carboxylic acids is 3. The van der Waals surface area contributed by atoms with Gasteiger partial charge in [0.25, 0.3) is 0 Å². The van der Waals surface area contributed by atoms with Crippen molar-refractivity contribution in [3.8, 4) is 0 Å². The van der Waals surface area contributed by atoms with Gasteiger partial charge in [0.1, 0.15) is 13.2 Å². The molecule has 0 aliphatic carbocycles. The third-order valence-corrected chi connectivity index (χ3v) is 13.6. The highest BCUT2D eigenvalue weighted by Crippen LogP contribution is 2.16. The molecule has 1 unspecified atom stereocenters. The summed E-state index contributed by atoms with van der Waals surface area (Å²) >= 11 is 0. The van der Waals surface area contributed by atoms with Crippen LogP contribution in [0.4, 0.5) is 0 Å².